The van der Waals surface area contributed by atoms with Crippen molar-refractivity contribution in [3.05, 3.63) is 23.8 Å². The minimum absolute atomic E-state index is 0.104. The fourth-order valence-corrected chi connectivity index (χ4v) is 1.92. The monoisotopic (exact) mass is 302 g/mol. The molecule has 0 saturated carbocycles. The van der Waals surface area contributed by atoms with Gasteiger partial charge in [0, 0.05) is 0 Å². The van der Waals surface area contributed by atoms with Crippen molar-refractivity contribution in [2.75, 3.05) is 7.11 Å². The average Bonchev–Trinajstić information content (AvgIpc) is 2.36. The van der Waals surface area contributed by atoms with Gasteiger partial charge in [-0.25, -0.2) is 13.6 Å². The van der Waals surface area contributed by atoms with E-state index in [1.165, 1.54) is 26.2 Å². The van der Waals surface area contributed by atoms with Crippen molar-refractivity contribution in [3.63, 3.8) is 0 Å². The van der Waals surface area contributed by atoms with Crippen molar-refractivity contribution in [2.24, 2.45) is 5.14 Å². The molecule has 110 valence electrons. The Balaban J connectivity index is 3.21. The number of hydrogen-bond acceptors (Lipinski definition) is 5. The molecule has 0 aliphatic rings. The van der Waals surface area contributed by atoms with Crippen molar-refractivity contribution < 1.29 is 27.9 Å². The van der Waals surface area contributed by atoms with E-state index in [9.17, 15) is 18.0 Å². The molecule has 0 unspecified atom stereocenters. The fraction of sp³-hybridized carbons (Fsp3) is 0.273. The van der Waals surface area contributed by atoms with Crippen LogP contribution in [0.3, 0.4) is 0 Å². The number of carboxylic acid groups (broad SMARTS) is 1. The summed E-state index contributed by atoms with van der Waals surface area (Å²) in [4.78, 5) is 22.3. The van der Waals surface area contributed by atoms with E-state index < -0.39 is 27.9 Å². The zero-order valence-corrected chi connectivity index (χ0v) is 11.6. The first-order valence-electron chi connectivity index (χ1n) is 5.41. The topological polar surface area (TPSA) is 136 Å². The van der Waals surface area contributed by atoms with Crippen molar-refractivity contribution in [1.82, 2.24) is 5.32 Å². The molecule has 8 nitrogen and oxygen atoms in total. The molecule has 0 aromatic heterocycles. The first kappa shape index (κ1) is 15.9. The molecule has 9 heteroatoms. The normalized spacial score (nSPS) is 12.6. The molecule has 1 amide bonds. The largest absolute Gasteiger partial charge is 0.496 e. The van der Waals surface area contributed by atoms with Crippen LogP contribution in [-0.4, -0.2) is 38.6 Å². The molecule has 20 heavy (non-hydrogen) atoms. The maximum absolute atomic E-state index is 11.9. The smallest absolute Gasteiger partial charge is 0.325 e. The number of sulfonamides is 1. The highest BCUT2D eigenvalue weighted by atomic mass is 32.2. The Hall–Kier alpha value is -2.13. The molecule has 0 aliphatic carbocycles. The minimum atomic E-state index is -3.98. The molecular weight excluding hydrogens is 288 g/mol. The summed E-state index contributed by atoms with van der Waals surface area (Å²) in [7, 11) is -2.69. The third-order valence-corrected chi connectivity index (χ3v) is 3.37. The number of rotatable bonds is 5. The van der Waals surface area contributed by atoms with E-state index in [-0.39, 0.29) is 16.2 Å². The Morgan fingerprint density at radius 3 is 2.45 bits per heavy atom. The quantitative estimate of drug-likeness (QED) is 0.673. The highest BCUT2D eigenvalue weighted by molar-refractivity contribution is 7.89. The van der Waals surface area contributed by atoms with Gasteiger partial charge < -0.3 is 15.2 Å². The molecule has 0 spiro atoms. The van der Waals surface area contributed by atoms with Gasteiger partial charge in [-0.15, -0.1) is 0 Å². The van der Waals surface area contributed by atoms with E-state index in [4.69, 9.17) is 15.0 Å². The summed E-state index contributed by atoms with van der Waals surface area (Å²) in [5.41, 5.74) is -0.118. The summed E-state index contributed by atoms with van der Waals surface area (Å²) in [6.07, 6.45) is 0. The van der Waals surface area contributed by atoms with Crippen LogP contribution in [0, 0.1) is 0 Å². The number of methoxy groups -OCH3 is 1. The van der Waals surface area contributed by atoms with E-state index in [2.05, 4.69) is 5.32 Å². The lowest BCUT2D eigenvalue weighted by Gasteiger charge is -2.12. The van der Waals surface area contributed by atoms with Crippen LogP contribution in [0.5, 0.6) is 5.75 Å². The Kier molecular flexibility index (Phi) is 4.69. The average molecular weight is 302 g/mol. The molecule has 0 aliphatic heterocycles. The van der Waals surface area contributed by atoms with Crippen LogP contribution in [0.4, 0.5) is 0 Å². The van der Waals surface area contributed by atoms with Gasteiger partial charge in [-0.2, -0.15) is 0 Å². The second-order valence-electron chi connectivity index (χ2n) is 3.94. The number of carboxylic acids is 1. The molecule has 0 heterocycles. The third-order valence-electron chi connectivity index (χ3n) is 2.46. The van der Waals surface area contributed by atoms with Crippen LogP contribution < -0.4 is 15.2 Å². The van der Waals surface area contributed by atoms with E-state index in [1.54, 1.807) is 0 Å². The SMILES string of the molecule is COc1ccc(S(N)(=O)=O)cc1C(=O)N[C@@H](C)C(=O)O. The highest BCUT2D eigenvalue weighted by Crippen LogP contribution is 2.21. The molecule has 1 aromatic rings. The van der Waals surface area contributed by atoms with Gasteiger partial charge in [-0.05, 0) is 25.1 Å². The van der Waals surface area contributed by atoms with Gasteiger partial charge in [0.15, 0.2) is 0 Å². The van der Waals surface area contributed by atoms with E-state index >= 15 is 0 Å². The lowest BCUT2D eigenvalue weighted by atomic mass is 10.1. The highest BCUT2D eigenvalue weighted by Gasteiger charge is 2.20. The van der Waals surface area contributed by atoms with Crippen LogP contribution in [0.25, 0.3) is 0 Å². The minimum Gasteiger partial charge on any atom is -0.496 e. The number of nitrogens with two attached hydrogens (primary N) is 1. The first-order chi connectivity index (χ1) is 9.16. The molecule has 1 aromatic carbocycles. The van der Waals surface area contributed by atoms with E-state index in [0.29, 0.717) is 0 Å². The Morgan fingerprint density at radius 2 is 2.00 bits per heavy atom. The van der Waals surface area contributed by atoms with E-state index in [0.717, 1.165) is 6.07 Å². The second kappa shape index (κ2) is 5.88. The molecule has 4 N–H and O–H groups in total. The van der Waals surface area contributed by atoms with Crippen molar-refractivity contribution >= 4 is 21.9 Å². The first-order valence-corrected chi connectivity index (χ1v) is 6.96. The molecule has 0 fully saturated rings. The Bertz CT molecular complexity index is 640. The number of hydrogen-bond donors (Lipinski definition) is 3. The van der Waals surface area contributed by atoms with Gasteiger partial charge in [0.25, 0.3) is 5.91 Å². The maximum Gasteiger partial charge on any atom is 0.325 e. The lowest BCUT2D eigenvalue weighted by Crippen LogP contribution is -2.38. The number of aliphatic carboxylic acids is 1. The molecule has 0 bridgehead atoms. The zero-order valence-electron chi connectivity index (χ0n) is 10.8. The number of nitrogens with one attached hydrogen (secondary N) is 1. The number of ether oxygens (including phenoxy) is 1. The molecule has 0 radical (unpaired) electrons. The summed E-state index contributed by atoms with van der Waals surface area (Å²) in [5, 5.41) is 15.9. The van der Waals surface area contributed by atoms with Gasteiger partial charge in [0.1, 0.15) is 11.8 Å². The molecule has 0 saturated heterocycles. The van der Waals surface area contributed by atoms with Crippen LogP contribution >= 0.6 is 0 Å². The Labute approximate surface area is 115 Å². The van der Waals surface area contributed by atoms with Crippen LogP contribution in [-0.2, 0) is 14.8 Å². The van der Waals surface area contributed by atoms with Crippen molar-refractivity contribution in [1.29, 1.82) is 0 Å². The van der Waals surface area contributed by atoms with Gasteiger partial charge >= 0.3 is 5.97 Å². The van der Waals surface area contributed by atoms with Crippen LogP contribution in [0.1, 0.15) is 17.3 Å². The van der Waals surface area contributed by atoms with Gasteiger partial charge in [-0.3, -0.25) is 9.59 Å². The predicted molar refractivity (Wildman–Crippen MR) is 68.9 cm³/mol. The third kappa shape index (κ3) is 3.68. The van der Waals surface area contributed by atoms with E-state index in [1.807, 2.05) is 0 Å². The zero-order chi connectivity index (χ0) is 15.5. The van der Waals surface area contributed by atoms with Gasteiger partial charge in [-0.1, -0.05) is 0 Å². The van der Waals surface area contributed by atoms with Crippen LogP contribution in [0.2, 0.25) is 0 Å². The van der Waals surface area contributed by atoms with Crippen molar-refractivity contribution in [2.45, 2.75) is 17.9 Å². The summed E-state index contributed by atoms with van der Waals surface area (Å²) in [5.74, 6) is -1.89. The molecule has 1 rings (SSSR count). The summed E-state index contributed by atoms with van der Waals surface area (Å²) >= 11 is 0. The Morgan fingerprint density at radius 1 is 1.40 bits per heavy atom. The summed E-state index contributed by atoms with van der Waals surface area (Å²) < 4.78 is 27.4. The molecule has 1 atom stereocenters. The number of benzene rings is 1. The number of carbonyl (C=O) groups is 2. The summed E-state index contributed by atoms with van der Waals surface area (Å²) in [6, 6.07) is 2.34. The predicted octanol–water partition coefficient (Wildman–Crippen LogP) is -0.454. The lowest BCUT2D eigenvalue weighted by molar-refractivity contribution is -0.138. The molecular formula is C11H14N2O6S. The van der Waals surface area contributed by atoms with Crippen LogP contribution in [0.15, 0.2) is 23.1 Å². The number of amides is 1. The fourth-order valence-electron chi connectivity index (χ4n) is 1.38. The standard InChI is InChI=1S/C11H14N2O6S/c1-6(11(15)16)13-10(14)8-5-7(20(12,17)18)3-4-9(8)19-2/h3-6H,1-2H3,(H,13,14)(H,15,16)(H2,12,17,18)/t6-/m0/s1. The van der Waals surface area contributed by atoms with Gasteiger partial charge in [0.05, 0.1) is 17.6 Å². The maximum atomic E-state index is 11.9. The number of carbonyl (C=O) groups excluding carboxylic acids is 1. The van der Waals surface area contributed by atoms with Crippen molar-refractivity contribution in [3.8, 4) is 5.75 Å². The number of primary sulfonamides is 1. The van der Waals surface area contributed by atoms with Gasteiger partial charge in [0.2, 0.25) is 10.0 Å². The second-order valence-corrected chi connectivity index (χ2v) is 5.50. The summed E-state index contributed by atoms with van der Waals surface area (Å²) in [6.45, 7) is 1.27.